The number of ether oxygens (including phenoxy) is 3. The van der Waals surface area contributed by atoms with Crippen LogP contribution >= 0.6 is 11.6 Å². The molecule has 0 radical (unpaired) electrons. The van der Waals surface area contributed by atoms with Crippen LogP contribution in [0.5, 0.6) is 11.5 Å². The lowest BCUT2D eigenvalue weighted by atomic mass is 10.1. The first-order chi connectivity index (χ1) is 17.2. The predicted octanol–water partition coefficient (Wildman–Crippen LogP) is 5.44. The van der Waals surface area contributed by atoms with Gasteiger partial charge in [0.1, 0.15) is 11.5 Å². The summed E-state index contributed by atoms with van der Waals surface area (Å²) >= 11 is 6.15. The highest BCUT2D eigenvalue weighted by atomic mass is 35.5. The number of carbonyl (C=O) groups is 3. The molecule has 0 spiro atoms. The van der Waals surface area contributed by atoms with Crippen LogP contribution in [0.2, 0.25) is 5.02 Å². The zero-order chi connectivity index (χ0) is 26.1. The fourth-order valence-electron chi connectivity index (χ4n) is 3.22. The van der Waals surface area contributed by atoms with Crippen LogP contribution in [0, 0.1) is 13.8 Å². The van der Waals surface area contributed by atoms with E-state index in [9.17, 15) is 14.4 Å². The highest BCUT2D eigenvalue weighted by Gasteiger charge is 2.10. The Labute approximate surface area is 214 Å². The largest absolute Gasteiger partial charge is 0.513 e. The Hall–Kier alpha value is -4.04. The Bertz CT molecular complexity index is 1200. The van der Waals surface area contributed by atoms with Crippen molar-refractivity contribution in [2.45, 2.75) is 27.3 Å². The molecular formula is C27H27ClN2O6. The van der Waals surface area contributed by atoms with Crippen molar-refractivity contribution in [3.05, 3.63) is 87.9 Å². The van der Waals surface area contributed by atoms with E-state index in [0.717, 1.165) is 16.7 Å². The quantitative estimate of drug-likeness (QED) is 0.293. The molecule has 0 aliphatic rings. The summed E-state index contributed by atoms with van der Waals surface area (Å²) < 4.78 is 15.3. The molecule has 188 valence electrons. The van der Waals surface area contributed by atoms with Gasteiger partial charge in [0, 0.05) is 22.8 Å². The molecule has 0 heterocycles. The Balaban J connectivity index is 1.45. The van der Waals surface area contributed by atoms with E-state index in [-0.39, 0.29) is 30.8 Å². The summed E-state index contributed by atoms with van der Waals surface area (Å²) in [6.45, 7) is 5.86. The topological polar surface area (TPSA) is 103 Å². The van der Waals surface area contributed by atoms with E-state index in [0.29, 0.717) is 28.6 Å². The van der Waals surface area contributed by atoms with Crippen LogP contribution < -0.4 is 20.1 Å². The molecule has 0 fully saturated rings. The van der Waals surface area contributed by atoms with Crippen LogP contribution in [-0.4, -0.2) is 31.2 Å². The first kappa shape index (κ1) is 26.6. The lowest BCUT2D eigenvalue weighted by Crippen LogP contribution is -2.28. The number of aryl methyl sites for hydroxylation is 2. The van der Waals surface area contributed by atoms with Gasteiger partial charge in [-0.05, 0) is 86.0 Å². The van der Waals surface area contributed by atoms with Crippen LogP contribution in [0.25, 0.3) is 0 Å². The lowest BCUT2D eigenvalue weighted by molar-refractivity contribution is -0.123. The summed E-state index contributed by atoms with van der Waals surface area (Å²) in [5.74, 6) is 0.294. The molecule has 0 saturated heterocycles. The number of nitrogens with one attached hydrogen (secondary N) is 2. The standard InChI is InChI=1S/C27H27ClN2O6/c1-4-34-27(33)36-22-11-7-20(8-12-22)26(32)30-21-9-5-19(6-10-21)15-29-24(31)16-35-23-13-17(2)25(28)18(3)14-23/h5-14H,4,15-16H2,1-3H3,(H,29,31)(H,30,32). The second-order valence-corrected chi connectivity index (χ2v) is 8.27. The minimum Gasteiger partial charge on any atom is -0.484 e. The number of benzene rings is 3. The van der Waals surface area contributed by atoms with Crippen molar-refractivity contribution < 1.29 is 28.6 Å². The average molecular weight is 511 g/mol. The fraction of sp³-hybridized carbons (Fsp3) is 0.222. The molecule has 8 nitrogen and oxygen atoms in total. The van der Waals surface area contributed by atoms with Crippen LogP contribution in [0.4, 0.5) is 10.5 Å². The third-order valence-corrected chi connectivity index (χ3v) is 5.66. The maximum atomic E-state index is 12.5. The Morgan fingerprint density at radius 3 is 2.14 bits per heavy atom. The van der Waals surface area contributed by atoms with E-state index in [1.807, 2.05) is 13.8 Å². The van der Waals surface area contributed by atoms with E-state index >= 15 is 0 Å². The van der Waals surface area contributed by atoms with Crippen LogP contribution in [0.15, 0.2) is 60.7 Å². The van der Waals surface area contributed by atoms with Crippen LogP contribution in [-0.2, 0) is 16.1 Å². The summed E-state index contributed by atoms with van der Waals surface area (Å²) in [7, 11) is 0. The summed E-state index contributed by atoms with van der Waals surface area (Å²) in [6, 6.07) is 16.8. The molecule has 2 N–H and O–H groups in total. The molecule has 0 aromatic heterocycles. The van der Waals surface area contributed by atoms with Gasteiger partial charge in [-0.25, -0.2) is 4.79 Å². The molecule has 0 atom stereocenters. The van der Waals surface area contributed by atoms with Crippen molar-refractivity contribution in [2.75, 3.05) is 18.5 Å². The fourth-order valence-corrected chi connectivity index (χ4v) is 3.33. The molecule has 9 heteroatoms. The molecule has 2 amide bonds. The van der Waals surface area contributed by atoms with Gasteiger partial charge in [0.15, 0.2) is 6.61 Å². The third-order valence-electron chi connectivity index (χ3n) is 5.06. The van der Waals surface area contributed by atoms with Gasteiger partial charge in [0.25, 0.3) is 11.8 Å². The first-order valence-electron chi connectivity index (χ1n) is 11.3. The summed E-state index contributed by atoms with van der Waals surface area (Å²) in [6.07, 6.45) is -0.801. The maximum absolute atomic E-state index is 12.5. The van der Waals surface area contributed by atoms with E-state index in [1.54, 1.807) is 55.5 Å². The summed E-state index contributed by atoms with van der Waals surface area (Å²) in [5, 5.41) is 6.28. The average Bonchev–Trinajstić information content (AvgIpc) is 2.86. The van der Waals surface area contributed by atoms with Gasteiger partial charge in [-0.1, -0.05) is 23.7 Å². The van der Waals surface area contributed by atoms with Crippen molar-refractivity contribution in [1.82, 2.24) is 5.32 Å². The number of halogens is 1. The summed E-state index contributed by atoms with van der Waals surface area (Å²) in [4.78, 5) is 36.0. The number of carbonyl (C=O) groups excluding carboxylic acids is 3. The molecule has 36 heavy (non-hydrogen) atoms. The highest BCUT2D eigenvalue weighted by Crippen LogP contribution is 2.25. The van der Waals surface area contributed by atoms with Crippen molar-refractivity contribution in [2.24, 2.45) is 0 Å². The minimum absolute atomic E-state index is 0.113. The van der Waals surface area contributed by atoms with E-state index < -0.39 is 6.16 Å². The normalized spacial score (nSPS) is 10.3. The van der Waals surface area contributed by atoms with Gasteiger partial charge in [-0.2, -0.15) is 0 Å². The van der Waals surface area contributed by atoms with Crippen LogP contribution in [0.3, 0.4) is 0 Å². The van der Waals surface area contributed by atoms with Gasteiger partial charge in [0.2, 0.25) is 0 Å². The van der Waals surface area contributed by atoms with Crippen molar-refractivity contribution >= 4 is 35.3 Å². The molecule has 0 unspecified atom stereocenters. The number of rotatable bonds is 9. The molecule has 0 aliphatic carbocycles. The minimum atomic E-state index is -0.801. The second-order valence-electron chi connectivity index (χ2n) is 7.90. The van der Waals surface area contributed by atoms with Crippen molar-refractivity contribution in [3.8, 4) is 11.5 Å². The summed E-state index contributed by atoms with van der Waals surface area (Å²) in [5.41, 5.74) is 3.63. The molecule has 0 bridgehead atoms. The zero-order valence-electron chi connectivity index (χ0n) is 20.2. The SMILES string of the molecule is CCOC(=O)Oc1ccc(C(=O)Nc2ccc(CNC(=O)COc3cc(C)c(Cl)c(C)c3)cc2)cc1. The van der Waals surface area contributed by atoms with Gasteiger partial charge < -0.3 is 24.8 Å². The monoisotopic (exact) mass is 510 g/mol. The number of amides is 2. The van der Waals surface area contributed by atoms with Crippen molar-refractivity contribution in [1.29, 1.82) is 0 Å². The zero-order valence-corrected chi connectivity index (χ0v) is 21.0. The van der Waals surface area contributed by atoms with Crippen LogP contribution in [0.1, 0.15) is 34.0 Å². The van der Waals surface area contributed by atoms with E-state index in [4.69, 9.17) is 25.8 Å². The molecule has 3 aromatic rings. The maximum Gasteiger partial charge on any atom is 0.513 e. The molecule has 0 saturated carbocycles. The highest BCUT2D eigenvalue weighted by molar-refractivity contribution is 6.32. The number of hydrogen-bond acceptors (Lipinski definition) is 6. The van der Waals surface area contributed by atoms with Gasteiger partial charge in [0.05, 0.1) is 6.61 Å². The van der Waals surface area contributed by atoms with Gasteiger partial charge >= 0.3 is 6.16 Å². The Morgan fingerprint density at radius 2 is 1.53 bits per heavy atom. The van der Waals surface area contributed by atoms with Crippen molar-refractivity contribution in [3.63, 3.8) is 0 Å². The van der Waals surface area contributed by atoms with E-state index in [2.05, 4.69) is 10.6 Å². The van der Waals surface area contributed by atoms with Gasteiger partial charge in [-0.15, -0.1) is 0 Å². The molecule has 0 aliphatic heterocycles. The second kappa shape index (κ2) is 12.6. The Morgan fingerprint density at radius 1 is 0.889 bits per heavy atom. The molecule has 3 rings (SSSR count). The number of hydrogen-bond donors (Lipinski definition) is 2. The number of anilines is 1. The third kappa shape index (κ3) is 7.74. The Kier molecular flexibility index (Phi) is 9.30. The lowest BCUT2D eigenvalue weighted by Gasteiger charge is -2.11. The first-order valence-corrected chi connectivity index (χ1v) is 11.6. The van der Waals surface area contributed by atoms with E-state index in [1.165, 1.54) is 12.1 Å². The predicted molar refractivity (Wildman–Crippen MR) is 137 cm³/mol. The van der Waals surface area contributed by atoms with Gasteiger partial charge in [-0.3, -0.25) is 9.59 Å². The smallest absolute Gasteiger partial charge is 0.484 e. The molecule has 3 aromatic carbocycles. The molecular weight excluding hydrogens is 484 g/mol.